The Balaban J connectivity index is 1.69. The molecule has 156 valence electrons. The summed E-state index contributed by atoms with van der Waals surface area (Å²) in [5.74, 6) is 1.32. The van der Waals surface area contributed by atoms with E-state index >= 15 is 0 Å². The molecule has 0 spiro atoms. The van der Waals surface area contributed by atoms with Gasteiger partial charge in [0.2, 0.25) is 11.8 Å². The number of carbonyl (C=O) groups is 1. The maximum atomic E-state index is 13.3. The maximum Gasteiger partial charge on any atom is 0.232 e. The molecule has 1 aromatic carbocycles. The van der Waals surface area contributed by atoms with Crippen molar-refractivity contribution in [1.29, 1.82) is 0 Å². The summed E-state index contributed by atoms with van der Waals surface area (Å²) in [4.78, 5) is 17.6. The molecule has 0 unspecified atom stereocenters. The molecule has 2 aliphatic rings. The van der Waals surface area contributed by atoms with Crippen molar-refractivity contribution in [3.8, 4) is 11.3 Å². The minimum Gasteiger partial charge on any atom is -0.340 e. The van der Waals surface area contributed by atoms with Gasteiger partial charge in [0.05, 0.1) is 12.1 Å². The van der Waals surface area contributed by atoms with Crippen molar-refractivity contribution in [3.63, 3.8) is 0 Å². The van der Waals surface area contributed by atoms with Gasteiger partial charge < -0.3 is 14.3 Å². The molecule has 2 heterocycles. The number of nitrogens with zero attached hydrogens (tertiary/aromatic N) is 3. The van der Waals surface area contributed by atoms with Crippen LogP contribution in [0.3, 0.4) is 0 Å². The summed E-state index contributed by atoms with van der Waals surface area (Å²) in [6, 6.07) is 8.56. The Morgan fingerprint density at radius 1 is 1.14 bits per heavy atom. The number of carbonyl (C=O) groups excluding carboxylic acids is 1. The van der Waals surface area contributed by atoms with Crippen molar-refractivity contribution in [3.05, 3.63) is 35.4 Å². The normalized spacial score (nSPS) is 17.4. The minimum absolute atomic E-state index is 0.148. The molecule has 2 aromatic rings. The van der Waals surface area contributed by atoms with E-state index in [0.29, 0.717) is 12.5 Å². The van der Waals surface area contributed by atoms with E-state index in [9.17, 15) is 4.79 Å². The highest BCUT2D eigenvalue weighted by Gasteiger charge is 2.32. The molecular weight excluding hydrogens is 362 g/mol. The van der Waals surface area contributed by atoms with Crippen molar-refractivity contribution in [2.24, 2.45) is 5.92 Å². The highest BCUT2D eigenvalue weighted by Crippen LogP contribution is 2.36. The van der Waals surface area contributed by atoms with Crippen LogP contribution >= 0.6 is 0 Å². The Hall–Kier alpha value is -2.30. The van der Waals surface area contributed by atoms with Crippen LogP contribution in [0.15, 0.2) is 28.8 Å². The lowest BCUT2D eigenvalue weighted by Gasteiger charge is -2.30. The van der Waals surface area contributed by atoms with E-state index in [1.165, 1.54) is 31.2 Å². The second kappa shape index (κ2) is 8.60. The Morgan fingerprint density at radius 2 is 1.79 bits per heavy atom. The van der Waals surface area contributed by atoms with Crippen LogP contribution in [0.1, 0.15) is 63.5 Å². The summed E-state index contributed by atoms with van der Waals surface area (Å²) in [6.45, 7) is 8.86. The first-order valence-electron chi connectivity index (χ1n) is 11.2. The lowest BCUT2D eigenvalue weighted by atomic mass is 10.0. The predicted octanol–water partition coefficient (Wildman–Crippen LogP) is 5.18. The first-order chi connectivity index (χ1) is 14.0. The van der Waals surface area contributed by atoms with Crippen LogP contribution < -0.4 is 4.90 Å². The van der Waals surface area contributed by atoms with Crippen LogP contribution in [0.4, 0.5) is 5.88 Å². The number of rotatable bonds is 6. The fourth-order valence-electron chi connectivity index (χ4n) is 4.64. The molecule has 0 bridgehead atoms. The molecule has 5 heteroatoms. The predicted molar refractivity (Wildman–Crippen MR) is 116 cm³/mol. The zero-order chi connectivity index (χ0) is 20.4. The molecule has 5 nitrogen and oxygen atoms in total. The number of anilines is 1. The molecule has 1 saturated carbocycles. The van der Waals surface area contributed by atoms with Gasteiger partial charge in [-0.2, -0.15) is 0 Å². The van der Waals surface area contributed by atoms with Crippen molar-refractivity contribution < 1.29 is 9.32 Å². The third kappa shape index (κ3) is 4.19. The molecular formula is C24H33N3O2. The number of hydrogen-bond donors (Lipinski definition) is 0. The summed E-state index contributed by atoms with van der Waals surface area (Å²) < 4.78 is 5.89. The Bertz CT molecular complexity index is 828. The van der Waals surface area contributed by atoms with Crippen LogP contribution in [-0.4, -0.2) is 35.1 Å². The van der Waals surface area contributed by atoms with Crippen molar-refractivity contribution in [1.82, 2.24) is 10.1 Å². The molecule has 29 heavy (non-hydrogen) atoms. The van der Waals surface area contributed by atoms with Gasteiger partial charge in [0.25, 0.3) is 0 Å². The average Bonchev–Trinajstić information content (AvgIpc) is 3.47. The SMILES string of the molecule is Cc1ccc(-c2noc(N3CCCC3)c2CN(C(=O)C2CCCC2)C(C)C)cc1. The van der Waals surface area contributed by atoms with Crippen LogP contribution in [-0.2, 0) is 11.3 Å². The fourth-order valence-corrected chi connectivity index (χ4v) is 4.64. The van der Waals surface area contributed by atoms with Crippen molar-refractivity contribution >= 4 is 11.8 Å². The molecule has 2 fully saturated rings. The summed E-state index contributed by atoms with van der Waals surface area (Å²) in [5, 5.41) is 4.48. The molecule has 0 N–H and O–H groups in total. The van der Waals surface area contributed by atoms with Crippen molar-refractivity contribution in [2.75, 3.05) is 18.0 Å². The van der Waals surface area contributed by atoms with Crippen LogP contribution in [0.5, 0.6) is 0 Å². The third-order valence-electron chi connectivity index (χ3n) is 6.42. The standard InChI is InChI=1S/C24H33N3O2/c1-17(2)27(23(28)20-8-4-5-9-20)16-21-22(19-12-10-18(3)11-13-19)25-29-24(21)26-14-6-7-15-26/h10-13,17,20H,4-9,14-16H2,1-3H3. The van der Waals surface area contributed by atoms with Gasteiger partial charge in [-0.3, -0.25) is 4.79 Å². The summed E-state index contributed by atoms with van der Waals surface area (Å²) >= 11 is 0. The van der Waals surface area contributed by atoms with Gasteiger partial charge in [0.15, 0.2) is 0 Å². The molecule has 1 aliphatic heterocycles. The third-order valence-corrected chi connectivity index (χ3v) is 6.42. The summed E-state index contributed by atoms with van der Waals surface area (Å²) in [6.07, 6.45) is 6.74. The van der Waals surface area contributed by atoms with Gasteiger partial charge in [0.1, 0.15) is 5.69 Å². The van der Waals surface area contributed by atoms with Gasteiger partial charge in [-0.05, 0) is 46.5 Å². The van der Waals surface area contributed by atoms with E-state index in [-0.39, 0.29) is 12.0 Å². The Labute approximate surface area is 174 Å². The van der Waals surface area contributed by atoms with E-state index in [1.807, 2.05) is 4.90 Å². The monoisotopic (exact) mass is 395 g/mol. The van der Waals surface area contributed by atoms with E-state index in [1.54, 1.807) is 0 Å². The van der Waals surface area contributed by atoms with Crippen molar-refractivity contribution in [2.45, 2.75) is 71.9 Å². The van der Waals surface area contributed by atoms with E-state index in [0.717, 1.165) is 48.6 Å². The zero-order valence-corrected chi connectivity index (χ0v) is 18.0. The number of aromatic nitrogens is 1. The van der Waals surface area contributed by atoms with E-state index in [2.05, 4.69) is 55.1 Å². The van der Waals surface area contributed by atoms with Crippen LogP contribution in [0.2, 0.25) is 0 Å². The lowest BCUT2D eigenvalue weighted by Crippen LogP contribution is -2.40. The second-order valence-electron chi connectivity index (χ2n) is 8.92. The number of aryl methyl sites for hydroxylation is 1. The maximum absolute atomic E-state index is 13.3. The first-order valence-corrected chi connectivity index (χ1v) is 11.2. The molecule has 1 saturated heterocycles. The second-order valence-corrected chi connectivity index (χ2v) is 8.92. The summed E-state index contributed by atoms with van der Waals surface area (Å²) in [5.41, 5.74) is 4.20. The molecule has 1 aromatic heterocycles. The van der Waals surface area contributed by atoms with Gasteiger partial charge >= 0.3 is 0 Å². The van der Waals surface area contributed by atoms with Gasteiger partial charge in [-0.15, -0.1) is 0 Å². The quantitative estimate of drug-likeness (QED) is 0.676. The van der Waals surface area contributed by atoms with Gasteiger partial charge in [-0.1, -0.05) is 47.8 Å². The molecule has 4 rings (SSSR count). The first kappa shape index (κ1) is 20.0. The average molecular weight is 396 g/mol. The van der Waals surface area contributed by atoms with E-state index < -0.39 is 0 Å². The lowest BCUT2D eigenvalue weighted by molar-refractivity contribution is -0.137. The number of benzene rings is 1. The molecule has 1 amide bonds. The summed E-state index contributed by atoms with van der Waals surface area (Å²) in [7, 11) is 0. The van der Waals surface area contributed by atoms with E-state index in [4.69, 9.17) is 4.52 Å². The highest BCUT2D eigenvalue weighted by molar-refractivity contribution is 5.80. The zero-order valence-electron chi connectivity index (χ0n) is 18.0. The van der Waals surface area contributed by atoms with Crippen LogP contribution in [0, 0.1) is 12.8 Å². The number of hydrogen-bond acceptors (Lipinski definition) is 4. The Morgan fingerprint density at radius 3 is 2.41 bits per heavy atom. The highest BCUT2D eigenvalue weighted by atomic mass is 16.5. The van der Waals surface area contributed by atoms with Gasteiger partial charge in [-0.25, -0.2) is 0 Å². The fraction of sp³-hybridized carbons (Fsp3) is 0.583. The van der Waals surface area contributed by atoms with Crippen LogP contribution in [0.25, 0.3) is 11.3 Å². The largest absolute Gasteiger partial charge is 0.340 e. The molecule has 1 aliphatic carbocycles. The minimum atomic E-state index is 0.148. The number of amides is 1. The molecule has 0 radical (unpaired) electrons. The van der Waals surface area contributed by atoms with Gasteiger partial charge in [0, 0.05) is 30.6 Å². The Kier molecular flexibility index (Phi) is 5.93. The topological polar surface area (TPSA) is 49.6 Å². The molecule has 0 atom stereocenters. The smallest absolute Gasteiger partial charge is 0.232 e.